The third-order valence-electron chi connectivity index (χ3n) is 3.45. The van der Waals surface area contributed by atoms with E-state index in [9.17, 15) is 14.5 Å². The first-order valence-electron chi connectivity index (χ1n) is 7.56. The number of nitro benzene ring substituents is 1. The number of aromatic nitrogens is 3. The second-order valence-electron chi connectivity index (χ2n) is 5.38. The first kappa shape index (κ1) is 18.7. The molecule has 138 valence electrons. The number of hydrogen-bond donors (Lipinski definition) is 2. The summed E-state index contributed by atoms with van der Waals surface area (Å²) in [5, 5.41) is 21.1. The quantitative estimate of drug-likeness (QED) is 0.377. The maximum absolute atomic E-state index is 13.1. The zero-order valence-corrected chi connectivity index (χ0v) is 15.2. The van der Waals surface area contributed by atoms with Crippen molar-refractivity contribution < 1.29 is 9.31 Å². The average Bonchev–Trinajstić information content (AvgIpc) is 3.04. The highest BCUT2D eigenvalue weighted by molar-refractivity contribution is 7.80. The minimum atomic E-state index is -0.482. The van der Waals surface area contributed by atoms with E-state index in [-0.39, 0.29) is 16.7 Å². The lowest BCUT2D eigenvalue weighted by molar-refractivity contribution is -0.384. The van der Waals surface area contributed by atoms with Crippen molar-refractivity contribution >= 4 is 46.3 Å². The molecule has 0 aliphatic rings. The number of non-ortho nitro benzene ring substituents is 1. The summed E-state index contributed by atoms with van der Waals surface area (Å²) in [5.41, 5.74) is 1.26. The molecule has 0 unspecified atom stereocenters. The van der Waals surface area contributed by atoms with Gasteiger partial charge in [0.05, 0.1) is 11.5 Å². The van der Waals surface area contributed by atoms with Gasteiger partial charge in [-0.3, -0.25) is 15.4 Å². The molecule has 0 aliphatic heterocycles. The average molecular weight is 407 g/mol. The topological polar surface area (TPSA) is 97.9 Å². The number of nitro groups is 1. The maximum Gasteiger partial charge on any atom is 0.269 e. The van der Waals surface area contributed by atoms with E-state index in [1.807, 2.05) is 0 Å². The number of hydrogen-bond acceptors (Lipinski definition) is 5. The number of rotatable bonds is 5. The fourth-order valence-corrected chi connectivity index (χ4v) is 2.62. The third-order valence-corrected chi connectivity index (χ3v) is 4.00. The summed E-state index contributed by atoms with van der Waals surface area (Å²) in [5.74, 6) is -0.153. The predicted octanol–water partition coefficient (Wildman–Crippen LogP) is 3.84. The highest BCUT2D eigenvalue weighted by Gasteiger charge is 2.08. The molecule has 0 fully saturated rings. The Morgan fingerprint density at radius 3 is 2.67 bits per heavy atom. The van der Waals surface area contributed by atoms with Gasteiger partial charge in [-0.25, -0.2) is 14.1 Å². The summed E-state index contributed by atoms with van der Waals surface area (Å²) >= 11 is 11.2. The van der Waals surface area contributed by atoms with Gasteiger partial charge in [0.1, 0.15) is 12.1 Å². The first-order valence-corrected chi connectivity index (χ1v) is 8.35. The third kappa shape index (κ3) is 4.96. The van der Waals surface area contributed by atoms with E-state index in [4.69, 9.17) is 23.8 Å². The van der Waals surface area contributed by atoms with E-state index in [1.165, 1.54) is 47.4 Å². The molecule has 1 heterocycles. The molecule has 2 N–H and O–H groups in total. The molecule has 1 aromatic heterocycles. The summed E-state index contributed by atoms with van der Waals surface area (Å²) in [6.07, 6.45) is 1.48. The van der Waals surface area contributed by atoms with E-state index >= 15 is 0 Å². The van der Waals surface area contributed by atoms with Crippen LogP contribution < -0.4 is 10.6 Å². The van der Waals surface area contributed by atoms with Gasteiger partial charge in [0.15, 0.2) is 5.11 Å². The first-order chi connectivity index (χ1) is 12.9. The molecule has 0 saturated heterocycles. The number of thiocarbonyl (C=S) groups is 1. The van der Waals surface area contributed by atoms with Gasteiger partial charge in [0, 0.05) is 22.8 Å². The Balaban J connectivity index is 1.59. The van der Waals surface area contributed by atoms with Crippen molar-refractivity contribution in [1.82, 2.24) is 14.8 Å². The van der Waals surface area contributed by atoms with Crippen LogP contribution in [0, 0.1) is 15.9 Å². The van der Waals surface area contributed by atoms with Crippen LogP contribution in [-0.2, 0) is 6.54 Å². The van der Waals surface area contributed by atoms with Gasteiger partial charge < -0.3 is 5.32 Å². The summed E-state index contributed by atoms with van der Waals surface area (Å²) in [4.78, 5) is 14.3. The van der Waals surface area contributed by atoms with Gasteiger partial charge in [-0.15, -0.1) is 5.10 Å². The Labute approximate surface area is 163 Å². The van der Waals surface area contributed by atoms with Crippen molar-refractivity contribution in [3.05, 3.63) is 75.3 Å². The highest BCUT2D eigenvalue weighted by atomic mass is 35.5. The number of anilines is 2. The van der Waals surface area contributed by atoms with Crippen molar-refractivity contribution in [3.63, 3.8) is 0 Å². The largest absolute Gasteiger partial charge is 0.332 e. The van der Waals surface area contributed by atoms with E-state index in [0.29, 0.717) is 22.8 Å². The molecular formula is C16H12ClFN6O2S. The van der Waals surface area contributed by atoms with Crippen LogP contribution >= 0.6 is 23.8 Å². The molecule has 0 aliphatic carbocycles. The fraction of sp³-hybridized carbons (Fsp3) is 0.0625. The lowest BCUT2D eigenvalue weighted by Gasteiger charge is -2.07. The standard InChI is InChI=1S/C16H12ClFN6O2S/c17-14-7-11(18)2-1-10(14)8-23-9-19-15(22-23)21-16(27)20-12-3-5-13(6-4-12)24(25)26/h1-7,9H,8H2,(H2,20,21,22,27). The van der Waals surface area contributed by atoms with Crippen LogP contribution in [0.3, 0.4) is 0 Å². The van der Waals surface area contributed by atoms with Crippen LogP contribution in [0.2, 0.25) is 5.02 Å². The lowest BCUT2D eigenvalue weighted by atomic mass is 10.2. The normalized spacial score (nSPS) is 10.4. The molecule has 0 atom stereocenters. The number of nitrogens with zero attached hydrogens (tertiary/aromatic N) is 4. The molecule has 27 heavy (non-hydrogen) atoms. The van der Waals surface area contributed by atoms with Crippen molar-refractivity contribution in [2.75, 3.05) is 10.6 Å². The van der Waals surface area contributed by atoms with Crippen LogP contribution in [0.4, 0.5) is 21.7 Å². The molecule has 8 nitrogen and oxygen atoms in total. The number of benzene rings is 2. The molecule has 0 bridgehead atoms. The molecule has 0 saturated carbocycles. The molecule has 0 radical (unpaired) electrons. The molecule has 2 aromatic carbocycles. The van der Waals surface area contributed by atoms with Crippen molar-refractivity contribution in [3.8, 4) is 0 Å². The minimum Gasteiger partial charge on any atom is -0.332 e. The van der Waals surface area contributed by atoms with E-state index in [1.54, 1.807) is 6.07 Å². The number of halogens is 2. The van der Waals surface area contributed by atoms with Gasteiger partial charge in [0.2, 0.25) is 5.95 Å². The molecule has 11 heteroatoms. The Hall–Kier alpha value is -3.11. The lowest BCUT2D eigenvalue weighted by Crippen LogP contribution is -2.20. The minimum absolute atomic E-state index is 0.0145. The summed E-state index contributed by atoms with van der Waals surface area (Å²) in [6, 6.07) is 9.93. The van der Waals surface area contributed by atoms with E-state index < -0.39 is 10.7 Å². The Morgan fingerprint density at radius 1 is 1.26 bits per heavy atom. The van der Waals surface area contributed by atoms with Crippen LogP contribution in [0.5, 0.6) is 0 Å². The highest BCUT2D eigenvalue weighted by Crippen LogP contribution is 2.18. The van der Waals surface area contributed by atoms with E-state index in [2.05, 4.69) is 20.7 Å². The molecule has 3 aromatic rings. The van der Waals surface area contributed by atoms with Gasteiger partial charge in [-0.1, -0.05) is 17.7 Å². The SMILES string of the molecule is O=[N+]([O-])c1ccc(NC(=S)Nc2ncn(Cc3ccc(F)cc3Cl)n2)cc1. The fourth-order valence-electron chi connectivity index (χ4n) is 2.18. The van der Waals surface area contributed by atoms with Gasteiger partial charge in [-0.2, -0.15) is 0 Å². The maximum atomic E-state index is 13.1. The molecule has 0 amide bonds. The van der Waals surface area contributed by atoms with Gasteiger partial charge in [0.25, 0.3) is 5.69 Å². The van der Waals surface area contributed by atoms with Crippen LogP contribution in [0.15, 0.2) is 48.8 Å². The zero-order chi connectivity index (χ0) is 19.4. The smallest absolute Gasteiger partial charge is 0.269 e. The summed E-state index contributed by atoms with van der Waals surface area (Å²) in [7, 11) is 0. The number of nitrogens with one attached hydrogen (secondary N) is 2. The van der Waals surface area contributed by atoms with Gasteiger partial charge in [-0.05, 0) is 42.0 Å². The van der Waals surface area contributed by atoms with Crippen molar-refractivity contribution in [2.45, 2.75) is 6.54 Å². The second-order valence-corrected chi connectivity index (χ2v) is 6.20. The monoisotopic (exact) mass is 406 g/mol. The van der Waals surface area contributed by atoms with E-state index in [0.717, 1.165) is 0 Å². The zero-order valence-electron chi connectivity index (χ0n) is 13.6. The second kappa shape index (κ2) is 8.06. The predicted molar refractivity (Wildman–Crippen MR) is 103 cm³/mol. The Kier molecular flexibility index (Phi) is 5.57. The van der Waals surface area contributed by atoms with Crippen LogP contribution in [-0.4, -0.2) is 24.8 Å². The molecular weight excluding hydrogens is 395 g/mol. The van der Waals surface area contributed by atoms with Crippen molar-refractivity contribution in [2.24, 2.45) is 0 Å². The molecule has 3 rings (SSSR count). The van der Waals surface area contributed by atoms with Crippen LogP contribution in [0.25, 0.3) is 0 Å². The van der Waals surface area contributed by atoms with Crippen molar-refractivity contribution in [1.29, 1.82) is 0 Å². The summed E-state index contributed by atoms with van der Waals surface area (Å²) in [6.45, 7) is 0.316. The molecule has 0 spiro atoms. The van der Waals surface area contributed by atoms with Gasteiger partial charge >= 0.3 is 0 Å². The summed E-state index contributed by atoms with van der Waals surface area (Å²) < 4.78 is 14.6. The Bertz CT molecular complexity index is 995. The Morgan fingerprint density at radius 2 is 2.00 bits per heavy atom. The van der Waals surface area contributed by atoms with Crippen LogP contribution in [0.1, 0.15) is 5.56 Å².